The van der Waals surface area contributed by atoms with Gasteiger partial charge in [-0.05, 0) is 37.6 Å². The third-order valence-corrected chi connectivity index (χ3v) is 2.00. The molecule has 0 aromatic heterocycles. The standard InChI is InChI=1S/C13H16O3/c1-4-16-12-8-7-11(6-5-10(2)14)9-13(12)15-3/h5-9H,4H2,1-3H3/b6-5+. The van der Waals surface area contributed by atoms with Gasteiger partial charge < -0.3 is 9.47 Å². The van der Waals surface area contributed by atoms with E-state index in [1.165, 1.54) is 13.0 Å². The fraction of sp³-hybridized carbons (Fsp3) is 0.308. The number of benzene rings is 1. The van der Waals surface area contributed by atoms with Crippen molar-refractivity contribution < 1.29 is 14.3 Å². The van der Waals surface area contributed by atoms with Gasteiger partial charge in [0.1, 0.15) is 0 Å². The highest BCUT2D eigenvalue weighted by atomic mass is 16.5. The first-order valence-corrected chi connectivity index (χ1v) is 5.17. The van der Waals surface area contributed by atoms with E-state index in [0.29, 0.717) is 18.1 Å². The molecule has 1 rings (SSSR count). The smallest absolute Gasteiger partial charge is 0.161 e. The Kier molecular flexibility index (Phi) is 4.58. The number of carbonyl (C=O) groups excluding carboxylic acids is 1. The fourth-order valence-corrected chi connectivity index (χ4v) is 1.28. The minimum atomic E-state index is 0.0212. The largest absolute Gasteiger partial charge is 0.493 e. The highest BCUT2D eigenvalue weighted by Gasteiger charge is 2.03. The van der Waals surface area contributed by atoms with Crippen molar-refractivity contribution in [3.63, 3.8) is 0 Å². The van der Waals surface area contributed by atoms with Crippen LogP contribution in [0, 0.1) is 0 Å². The number of rotatable bonds is 5. The molecule has 0 unspecified atom stereocenters. The molecule has 0 amide bonds. The zero-order valence-electron chi connectivity index (χ0n) is 9.82. The molecule has 86 valence electrons. The van der Waals surface area contributed by atoms with Gasteiger partial charge in [-0.25, -0.2) is 0 Å². The topological polar surface area (TPSA) is 35.5 Å². The second kappa shape index (κ2) is 5.95. The van der Waals surface area contributed by atoms with E-state index in [0.717, 1.165) is 5.56 Å². The van der Waals surface area contributed by atoms with Gasteiger partial charge in [-0.2, -0.15) is 0 Å². The maximum absolute atomic E-state index is 10.8. The average molecular weight is 220 g/mol. The van der Waals surface area contributed by atoms with Crippen molar-refractivity contribution in [2.75, 3.05) is 13.7 Å². The van der Waals surface area contributed by atoms with E-state index in [-0.39, 0.29) is 5.78 Å². The highest BCUT2D eigenvalue weighted by molar-refractivity contribution is 5.91. The molecule has 0 N–H and O–H groups in total. The van der Waals surface area contributed by atoms with Gasteiger partial charge in [-0.15, -0.1) is 0 Å². The summed E-state index contributed by atoms with van der Waals surface area (Å²) < 4.78 is 10.6. The van der Waals surface area contributed by atoms with Crippen LogP contribution in [0.2, 0.25) is 0 Å². The molecular weight excluding hydrogens is 204 g/mol. The van der Waals surface area contributed by atoms with Crippen molar-refractivity contribution in [2.45, 2.75) is 13.8 Å². The second-order valence-electron chi connectivity index (χ2n) is 3.29. The zero-order valence-corrected chi connectivity index (χ0v) is 9.82. The van der Waals surface area contributed by atoms with Crippen LogP contribution in [0.15, 0.2) is 24.3 Å². The Hall–Kier alpha value is -1.77. The fourth-order valence-electron chi connectivity index (χ4n) is 1.28. The lowest BCUT2D eigenvalue weighted by atomic mass is 10.2. The molecule has 0 radical (unpaired) electrons. The van der Waals surface area contributed by atoms with Crippen molar-refractivity contribution in [1.82, 2.24) is 0 Å². The quantitative estimate of drug-likeness (QED) is 0.716. The third-order valence-electron chi connectivity index (χ3n) is 2.00. The minimum absolute atomic E-state index is 0.0212. The summed E-state index contributed by atoms with van der Waals surface area (Å²) in [5.74, 6) is 1.41. The molecule has 0 bridgehead atoms. The predicted octanol–water partition coefficient (Wildman–Crippen LogP) is 2.70. The summed E-state index contributed by atoms with van der Waals surface area (Å²) in [6, 6.07) is 5.56. The van der Waals surface area contributed by atoms with Gasteiger partial charge in [-0.1, -0.05) is 12.1 Å². The molecule has 0 saturated heterocycles. The number of methoxy groups -OCH3 is 1. The number of hydrogen-bond donors (Lipinski definition) is 0. The molecule has 0 heterocycles. The molecule has 0 fully saturated rings. The summed E-state index contributed by atoms with van der Waals surface area (Å²) >= 11 is 0. The zero-order chi connectivity index (χ0) is 12.0. The van der Waals surface area contributed by atoms with E-state index in [2.05, 4.69) is 0 Å². The van der Waals surface area contributed by atoms with E-state index < -0.39 is 0 Å². The monoisotopic (exact) mass is 220 g/mol. The Morgan fingerprint density at radius 2 is 2.12 bits per heavy atom. The summed E-state index contributed by atoms with van der Waals surface area (Å²) in [5, 5.41) is 0. The lowest BCUT2D eigenvalue weighted by molar-refractivity contribution is -0.112. The summed E-state index contributed by atoms with van der Waals surface area (Å²) in [4.78, 5) is 10.8. The molecule has 0 saturated carbocycles. The molecule has 3 heteroatoms. The van der Waals surface area contributed by atoms with Crippen LogP contribution in [0.5, 0.6) is 11.5 Å². The molecule has 0 aliphatic carbocycles. The minimum Gasteiger partial charge on any atom is -0.493 e. The summed E-state index contributed by atoms with van der Waals surface area (Å²) in [6.45, 7) is 4.03. The van der Waals surface area contributed by atoms with Crippen LogP contribution in [0.3, 0.4) is 0 Å². The first kappa shape index (κ1) is 12.3. The Labute approximate surface area is 95.7 Å². The van der Waals surface area contributed by atoms with Crippen LogP contribution >= 0.6 is 0 Å². The number of hydrogen-bond acceptors (Lipinski definition) is 3. The normalized spacial score (nSPS) is 10.4. The Morgan fingerprint density at radius 1 is 1.38 bits per heavy atom. The van der Waals surface area contributed by atoms with Crippen LogP contribution < -0.4 is 9.47 Å². The van der Waals surface area contributed by atoms with Crippen molar-refractivity contribution in [3.05, 3.63) is 29.8 Å². The van der Waals surface area contributed by atoms with Crippen molar-refractivity contribution in [2.24, 2.45) is 0 Å². The molecular formula is C13H16O3. The summed E-state index contributed by atoms with van der Waals surface area (Å²) in [7, 11) is 1.59. The lowest BCUT2D eigenvalue weighted by Gasteiger charge is -2.09. The van der Waals surface area contributed by atoms with Gasteiger partial charge in [0, 0.05) is 0 Å². The Balaban J connectivity index is 2.94. The molecule has 1 aromatic rings. The first-order valence-electron chi connectivity index (χ1n) is 5.17. The molecule has 1 aromatic carbocycles. The first-order chi connectivity index (χ1) is 7.67. The van der Waals surface area contributed by atoms with Gasteiger partial charge >= 0.3 is 0 Å². The molecule has 0 atom stereocenters. The Bertz CT molecular complexity index is 394. The van der Waals surface area contributed by atoms with Crippen molar-refractivity contribution in [1.29, 1.82) is 0 Å². The molecule has 3 nitrogen and oxygen atoms in total. The second-order valence-corrected chi connectivity index (χ2v) is 3.29. The number of carbonyl (C=O) groups is 1. The van der Waals surface area contributed by atoms with Crippen LogP contribution in [0.4, 0.5) is 0 Å². The van der Waals surface area contributed by atoms with Crippen LogP contribution in [0.25, 0.3) is 6.08 Å². The van der Waals surface area contributed by atoms with E-state index >= 15 is 0 Å². The van der Waals surface area contributed by atoms with E-state index in [9.17, 15) is 4.79 Å². The Morgan fingerprint density at radius 3 is 2.69 bits per heavy atom. The third kappa shape index (κ3) is 3.42. The number of ether oxygens (including phenoxy) is 2. The molecule has 0 spiro atoms. The van der Waals surface area contributed by atoms with Gasteiger partial charge in [0.2, 0.25) is 0 Å². The van der Waals surface area contributed by atoms with Gasteiger partial charge in [0.25, 0.3) is 0 Å². The molecule has 0 aliphatic heterocycles. The SMILES string of the molecule is CCOc1ccc(/C=C/C(C)=O)cc1OC. The average Bonchev–Trinajstić information content (AvgIpc) is 2.28. The van der Waals surface area contributed by atoms with Crippen LogP contribution in [-0.4, -0.2) is 19.5 Å². The predicted molar refractivity (Wildman–Crippen MR) is 63.9 cm³/mol. The van der Waals surface area contributed by atoms with Crippen molar-refractivity contribution in [3.8, 4) is 11.5 Å². The molecule has 0 aliphatic rings. The van der Waals surface area contributed by atoms with Crippen molar-refractivity contribution >= 4 is 11.9 Å². The summed E-state index contributed by atoms with van der Waals surface area (Å²) in [5.41, 5.74) is 0.913. The van der Waals surface area contributed by atoms with E-state index in [4.69, 9.17) is 9.47 Å². The van der Waals surface area contributed by atoms with Crippen LogP contribution in [0.1, 0.15) is 19.4 Å². The maximum Gasteiger partial charge on any atom is 0.161 e. The maximum atomic E-state index is 10.8. The van der Waals surface area contributed by atoms with Gasteiger partial charge in [0.05, 0.1) is 13.7 Å². The van der Waals surface area contributed by atoms with E-state index in [1.807, 2.05) is 25.1 Å². The number of ketones is 1. The highest BCUT2D eigenvalue weighted by Crippen LogP contribution is 2.28. The lowest BCUT2D eigenvalue weighted by Crippen LogP contribution is -1.95. The van der Waals surface area contributed by atoms with Gasteiger partial charge in [-0.3, -0.25) is 4.79 Å². The van der Waals surface area contributed by atoms with Crippen LogP contribution in [-0.2, 0) is 4.79 Å². The number of allylic oxidation sites excluding steroid dienone is 1. The molecule has 16 heavy (non-hydrogen) atoms. The van der Waals surface area contributed by atoms with Gasteiger partial charge in [0.15, 0.2) is 17.3 Å². The summed E-state index contributed by atoms with van der Waals surface area (Å²) in [6.07, 6.45) is 3.27. The van der Waals surface area contributed by atoms with E-state index in [1.54, 1.807) is 13.2 Å².